The first kappa shape index (κ1) is 17.6. The molecular weight excluding hydrogens is 360 g/mol. The van der Waals surface area contributed by atoms with E-state index in [0.29, 0.717) is 10.9 Å². The summed E-state index contributed by atoms with van der Waals surface area (Å²) in [5.74, 6) is 1.52. The van der Waals surface area contributed by atoms with Crippen LogP contribution in [0.4, 0.5) is 0 Å². The van der Waals surface area contributed by atoms with Crippen molar-refractivity contribution in [2.45, 2.75) is 19.5 Å². The van der Waals surface area contributed by atoms with Gasteiger partial charge in [-0.15, -0.1) is 5.10 Å². The van der Waals surface area contributed by atoms with Gasteiger partial charge in [-0.3, -0.25) is 15.1 Å². The van der Waals surface area contributed by atoms with Gasteiger partial charge >= 0.3 is 0 Å². The number of nitrogens with zero attached hydrogens (tertiary/aromatic N) is 3. The molecule has 6 nitrogen and oxygen atoms in total. The van der Waals surface area contributed by atoms with Crippen molar-refractivity contribution in [2.24, 2.45) is 10.1 Å². The molecule has 2 aromatic rings. The van der Waals surface area contributed by atoms with E-state index in [4.69, 9.17) is 14.8 Å². The molecule has 0 saturated carbocycles. The molecule has 1 atom stereocenters. The normalized spacial score (nSPS) is 18.1. The summed E-state index contributed by atoms with van der Waals surface area (Å²) in [6, 6.07) is 15.4. The van der Waals surface area contributed by atoms with Crippen LogP contribution in [0.25, 0.3) is 5.70 Å². The van der Waals surface area contributed by atoms with Gasteiger partial charge < -0.3 is 4.74 Å². The lowest BCUT2D eigenvalue weighted by Crippen LogP contribution is -2.50. The lowest BCUT2D eigenvalue weighted by Gasteiger charge is -2.34. The Kier molecular flexibility index (Phi) is 4.85. The Bertz CT molecular complexity index is 1020. The lowest BCUT2D eigenvalue weighted by molar-refractivity contribution is -0.116. The summed E-state index contributed by atoms with van der Waals surface area (Å²) in [5, 5.41) is 11.6. The van der Waals surface area contributed by atoms with Gasteiger partial charge in [0.25, 0.3) is 5.91 Å². The topological polar surface area (TPSA) is 66.3 Å². The zero-order valence-corrected chi connectivity index (χ0v) is 16.0. The van der Waals surface area contributed by atoms with E-state index in [1.165, 1.54) is 0 Å². The highest BCUT2D eigenvalue weighted by Gasteiger charge is 2.34. The number of thioether (sulfide) groups is 1. The minimum absolute atomic E-state index is 0.149. The van der Waals surface area contributed by atoms with Crippen LogP contribution in [0.15, 0.2) is 58.6 Å². The van der Waals surface area contributed by atoms with Crippen LogP contribution in [-0.2, 0) is 4.79 Å². The molecule has 4 rings (SSSR count). The number of amidine groups is 1. The number of amides is 1. The van der Waals surface area contributed by atoms with Crippen molar-refractivity contribution in [2.75, 3.05) is 12.9 Å². The fraction of sp³-hybridized carbons (Fsp3) is 0.250. The SMILES string of the molecule is CCCSC1=NN2C(=c3ccccc3=N[C@H]2c2ccc(OC)cc2)C(=O)N1. The second-order valence-electron chi connectivity index (χ2n) is 6.19. The Morgan fingerprint density at radius 3 is 2.70 bits per heavy atom. The molecule has 7 heteroatoms. The van der Waals surface area contributed by atoms with Gasteiger partial charge in [-0.1, -0.05) is 49.0 Å². The van der Waals surface area contributed by atoms with Crippen molar-refractivity contribution in [3.8, 4) is 5.75 Å². The van der Waals surface area contributed by atoms with E-state index in [-0.39, 0.29) is 5.91 Å². The van der Waals surface area contributed by atoms with Gasteiger partial charge in [0.2, 0.25) is 0 Å². The zero-order valence-electron chi connectivity index (χ0n) is 15.2. The van der Waals surface area contributed by atoms with Gasteiger partial charge in [-0.25, -0.2) is 5.01 Å². The van der Waals surface area contributed by atoms with Crippen LogP contribution in [0.5, 0.6) is 5.75 Å². The number of benzene rings is 2. The lowest BCUT2D eigenvalue weighted by atomic mass is 10.1. The van der Waals surface area contributed by atoms with E-state index in [1.54, 1.807) is 23.9 Å². The van der Waals surface area contributed by atoms with E-state index in [2.05, 4.69) is 12.2 Å². The summed E-state index contributed by atoms with van der Waals surface area (Å²) in [7, 11) is 1.64. The second-order valence-corrected chi connectivity index (χ2v) is 7.28. The van der Waals surface area contributed by atoms with Crippen LogP contribution in [0.3, 0.4) is 0 Å². The predicted octanol–water partition coefficient (Wildman–Crippen LogP) is 1.98. The molecule has 0 spiro atoms. The molecule has 0 bridgehead atoms. The Balaban J connectivity index is 1.86. The molecule has 27 heavy (non-hydrogen) atoms. The molecule has 1 N–H and O–H groups in total. The molecule has 1 amide bonds. The van der Waals surface area contributed by atoms with Crippen LogP contribution in [-0.4, -0.2) is 28.9 Å². The standard InChI is InChI=1S/C20H20N4O2S/c1-3-12-27-20-22-19(25)17-15-6-4-5-7-16(15)21-18(24(17)23-20)13-8-10-14(26-2)11-9-13/h4-11,18H,3,12H2,1-2H3,(H,22,23,25)/t18-/m1/s1. The summed E-state index contributed by atoms with van der Waals surface area (Å²) in [6.07, 6.45) is 0.606. The molecule has 0 aliphatic carbocycles. The average Bonchev–Trinajstić information content (AvgIpc) is 2.71. The number of rotatable bonds is 4. The minimum Gasteiger partial charge on any atom is -0.497 e. The number of carbonyl (C=O) groups excluding carboxylic acids is 1. The number of para-hydroxylation sites is 1. The number of fused-ring (bicyclic) bond motifs is 2. The van der Waals surface area contributed by atoms with Crippen LogP contribution < -0.4 is 20.6 Å². The van der Waals surface area contributed by atoms with E-state index in [1.807, 2.05) is 48.5 Å². The van der Waals surface area contributed by atoms with Gasteiger partial charge in [-0.2, -0.15) is 0 Å². The first-order valence-corrected chi connectivity index (χ1v) is 9.83. The summed E-state index contributed by atoms with van der Waals surface area (Å²) >= 11 is 1.54. The molecule has 0 fully saturated rings. The highest BCUT2D eigenvalue weighted by atomic mass is 32.2. The summed E-state index contributed by atoms with van der Waals surface area (Å²) in [6.45, 7) is 2.10. The molecule has 2 aliphatic rings. The fourth-order valence-electron chi connectivity index (χ4n) is 3.08. The third kappa shape index (κ3) is 3.30. The zero-order chi connectivity index (χ0) is 18.8. The Morgan fingerprint density at radius 2 is 1.96 bits per heavy atom. The number of methoxy groups -OCH3 is 1. The number of hydrogen-bond donors (Lipinski definition) is 1. The number of nitrogens with one attached hydrogen (secondary N) is 1. The van der Waals surface area contributed by atoms with Crippen molar-refractivity contribution in [3.05, 3.63) is 64.7 Å². The van der Waals surface area contributed by atoms with Crippen molar-refractivity contribution < 1.29 is 9.53 Å². The maximum atomic E-state index is 12.9. The van der Waals surface area contributed by atoms with Crippen LogP contribution in [0, 0.1) is 0 Å². The van der Waals surface area contributed by atoms with Gasteiger partial charge in [-0.05, 0) is 30.2 Å². The smallest absolute Gasteiger partial charge is 0.276 e. The molecular formula is C20H20N4O2S. The molecule has 0 saturated heterocycles. The van der Waals surface area contributed by atoms with Gasteiger partial charge in [0.05, 0.1) is 12.5 Å². The van der Waals surface area contributed by atoms with Gasteiger partial charge in [0.1, 0.15) is 11.4 Å². The number of hydrazone groups is 1. The number of hydrogen-bond acceptors (Lipinski definition) is 6. The highest BCUT2D eigenvalue weighted by Crippen LogP contribution is 2.31. The quantitative estimate of drug-likeness (QED) is 0.881. The molecule has 0 unspecified atom stereocenters. The maximum absolute atomic E-state index is 12.9. The van der Waals surface area contributed by atoms with Crippen LogP contribution >= 0.6 is 11.8 Å². The first-order chi connectivity index (χ1) is 13.2. The van der Waals surface area contributed by atoms with E-state index in [9.17, 15) is 4.79 Å². The monoisotopic (exact) mass is 380 g/mol. The largest absolute Gasteiger partial charge is 0.497 e. The second kappa shape index (κ2) is 7.44. The number of ether oxygens (including phenoxy) is 1. The Morgan fingerprint density at radius 1 is 1.19 bits per heavy atom. The summed E-state index contributed by atoms with van der Waals surface area (Å²) < 4.78 is 5.25. The molecule has 2 aromatic carbocycles. The average molecular weight is 380 g/mol. The molecule has 138 valence electrons. The molecule has 2 heterocycles. The van der Waals surface area contributed by atoms with E-state index >= 15 is 0 Å². The Hall–Kier alpha value is -2.80. The van der Waals surface area contributed by atoms with Gasteiger partial charge in [0.15, 0.2) is 11.3 Å². The van der Waals surface area contributed by atoms with Crippen molar-refractivity contribution >= 4 is 28.5 Å². The third-order valence-electron chi connectivity index (χ3n) is 4.37. The van der Waals surface area contributed by atoms with Gasteiger partial charge in [0, 0.05) is 11.0 Å². The first-order valence-electron chi connectivity index (χ1n) is 8.84. The molecule has 2 aliphatic heterocycles. The minimum atomic E-state index is -0.399. The Labute approximate surface area is 161 Å². The summed E-state index contributed by atoms with van der Waals surface area (Å²) in [4.78, 5) is 17.8. The maximum Gasteiger partial charge on any atom is 0.276 e. The van der Waals surface area contributed by atoms with Crippen molar-refractivity contribution in [1.82, 2.24) is 10.3 Å². The van der Waals surface area contributed by atoms with Crippen LogP contribution in [0.2, 0.25) is 0 Å². The van der Waals surface area contributed by atoms with E-state index in [0.717, 1.165) is 34.1 Å². The highest BCUT2D eigenvalue weighted by molar-refractivity contribution is 8.13. The predicted molar refractivity (Wildman–Crippen MR) is 107 cm³/mol. The fourth-order valence-corrected chi connectivity index (χ4v) is 3.79. The van der Waals surface area contributed by atoms with E-state index < -0.39 is 6.17 Å². The molecule has 0 aromatic heterocycles. The third-order valence-corrected chi connectivity index (χ3v) is 5.44. The summed E-state index contributed by atoms with van der Waals surface area (Å²) in [5.41, 5.74) is 1.48. The van der Waals surface area contributed by atoms with Crippen molar-refractivity contribution in [3.63, 3.8) is 0 Å². The van der Waals surface area contributed by atoms with Crippen molar-refractivity contribution in [1.29, 1.82) is 0 Å². The number of carbonyl (C=O) groups is 1. The molecule has 0 radical (unpaired) electrons. The van der Waals surface area contributed by atoms with Crippen LogP contribution in [0.1, 0.15) is 25.1 Å².